The second-order valence-corrected chi connectivity index (χ2v) is 5.85. The van der Waals surface area contributed by atoms with Crippen LogP contribution in [0.25, 0.3) is 11.1 Å². The zero-order chi connectivity index (χ0) is 16.1. The van der Waals surface area contributed by atoms with Gasteiger partial charge in [-0.25, -0.2) is 4.98 Å². The van der Waals surface area contributed by atoms with Crippen LogP contribution >= 0.6 is 0 Å². The van der Waals surface area contributed by atoms with Crippen molar-refractivity contribution in [3.05, 3.63) is 30.2 Å². The third kappa shape index (κ3) is 3.88. The summed E-state index contributed by atoms with van der Waals surface area (Å²) in [5.41, 5.74) is 1.70. The Labute approximate surface area is 135 Å². The van der Waals surface area contributed by atoms with E-state index >= 15 is 0 Å². The van der Waals surface area contributed by atoms with Gasteiger partial charge in [-0.3, -0.25) is 9.69 Å². The number of benzene rings is 1. The molecule has 1 fully saturated rings. The van der Waals surface area contributed by atoms with Crippen LogP contribution in [0.1, 0.15) is 31.1 Å². The number of carbonyl (C=O) groups is 1. The zero-order valence-corrected chi connectivity index (χ0v) is 13.0. The number of likely N-dealkylation sites (tertiary alicyclic amines) is 1. The molecule has 1 aliphatic rings. The number of amides is 1. The number of rotatable bonds is 5. The van der Waals surface area contributed by atoms with E-state index < -0.39 is 0 Å². The minimum Gasteiger partial charge on any atom is -0.440 e. The van der Waals surface area contributed by atoms with Crippen molar-refractivity contribution in [1.82, 2.24) is 15.2 Å². The number of para-hydroxylation sites is 2. The molecule has 2 aromatic rings. The number of piperidine rings is 1. The van der Waals surface area contributed by atoms with Gasteiger partial charge in [0.05, 0.1) is 19.0 Å². The molecule has 120 valence electrons. The molecule has 0 radical (unpaired) electrons. The number of hydrogen-bond donors (Lipinski definition) is 1. The van der Waals surface area contributed by atoms with Crippen LogP contribution in [-0.4, -0.2) is 42.0 Å². The molecule has 6 heteroatoms. The van der Waals surface area contributed by atoms with Gasteiger partial charge in [0.1, 0.15) is 5.52 Å². The van der Waals surface area contributed by atoms with Gasteiger partial charge in [-0.2, -0.15) is 5.26 Å². The van der Waals surface area contributed by atoms with Crippen molar-refractivity contribution < 1.29 is 9.21 Å². The molecule has 1 N–H and O–H groups in total. The predicted molar refractivity (Wildman–Crippen MR) is 85.7 cm³/mol. The Morgan fingerprint density at radius 3 is 3.17 bits per heavy atom. The second-order valence-electron chi connectivity index (χ2n) is 5.85. The Balaban J connectivity index is 1.59. The van der Waals surface area contributed by atoms with Crippen LogP contribution in [0.15, 0.2) is 28.7 Å². The molecule has 1 saturated heterocycles. The topological polar surface area (TPSA) is 82.2 Å². The quantitative estimate of drug-likeness (QED) is 0.854. The van der Waals surface area contributed by atoms with E-state index in [4.69, 9.17) is 9.68 Å². The first-order chi connectivity index (χ1) is 11.3. The van der Waals surface area contributed by atoms with Crippen molar-refractivity contribution in [2.45, 2.75) is 25.2 Å². The maximum atomic E-state index is 11.9. The maximum absolute atomic E-state index is 11.9. The summed E-state index contributed by atoms with van der Waals surface area (Å²) in [6.45, 7) is 2.46. The van der Waals surface area contributed by atoms with Crippen LogP contribution in [0.4, 0.5) is 0 Å². The molecular formula is C17H20N4O2. The SMILES string of the molecule is N#CCCNC(=O)CN1CCCC(c2nc3ccccc3o2)C1. The number of nitriles is 1. The van der Waals surface area contributed by atoms with E-state index in [0.29, 0.717) is 19.5 Å². The lowest BCUT2D eigenvalue weighted by Gasteiger charge is -2.30. The molecule has 3 rings (SSSR count). The molecular weight excluding hydrogens is 292 g/mol. The van der Waals surface area contributed by atoms with Gasteiger partial charge < -0.3 is 9.73 Å². The van der Waals surface area contributed by atoms with Gasteiger partial charge in [-0.15, -0.1) is 0 Å². The summed E-state index contributed by atoms with van der Waals surface area (Å²) in [6.07, 6.45) is 2.39. The lowest BCUT2D eigenvalue weighted by Crippen LogP contribution is -2.42. The minimum absolute atomic E-state index is 0.0292. The number of hydrogen-bond acceptors (Lipinski definition) is 5. The molecule has 0 bridgehead atoms. The van der Waals surface area contributed by atoms with Gasteiger partial charge in [0.2, 0.25) is 5.91 Å². The van der Waals surface area contributed by atoms with Crippen LogP contribution < -0.4 is 5.32 Å². The average Bonchev–Trinajstić information content (AvgIpc) is 2.99. The highest BCUT2D eigenvalue weighted by Gasteiger charge is 2.26. The lowest BCUT2D eigenvalue weighted by atomic mass is 9.98. The first-order valence-corrected chi connectivity index (χ1v) is 7.98. The Hall–Kier alpha value is -2.39. The van der Waals surface area contributed by atoms with Crippen molar-refractivity contribution in [2.75, 3.05) is 26.2 Å². The molecule has 1 amide bonds. The van der Waals surface area contributed by atoms with E-state index in [1.54, 1.807) is 0 Å². The molecule has 0 aliphatic carbocycles. The smallest absolute Gasteiger partial charge is 0.234 e. The Bertz CT molecular complexity index is 686. The number of carbonyl (C=O) groups excluding carboxylic acids is 1. The van der Waals surface area contributed by atoms with Crippen molar-refractivity contribution in [1.29, 1.82) is 5.26 Å². The highest BCUT2D eigenvalue weighted by Crippen LogP contribution is 2.28. The van der Waals surface area contributed by atoms with Gasteiger partial charge >= 0.3 is 0 Å². The Morgan fingerprint density at radius 2 is 2.35 bits per heavy atom. The van der Waals surface area contributed by atoms with E-state index in [0.717, 1.165) is 42.9 Å². The largest absolute Gasteiger partial charge is 0.440 e. The predicted octanol–water partition coefficient (Wildman–Crippen LogP) is 2.04. The molecule has 2 heterocycles. The molecule has 0 spiro atoms. The van der Waals surface area contributed by atoms with Crippen LogP contribution in [-0.2, 0) is 4.79 Å². The van der Waals surface area contributed by atoms with Gasteiger partial charge in [-0.05, 0) is 31.5 Å². The first kappa shape index (κ1) is 15.5. The third-order valence-corrected chi connectivity index (χ3v) is 4.09. The van der Waals surface area contributed by atoms with E-state index in [2.05, 4.69) is 15.2 Å². The summed E-state index contributed by atoms with van der Waals surface area (Å²) in [4.78, 5) is 18.6. The molecule has 1 aliphatic heterocycles. The number of fused-ring (bicyclic) bond motifs is 1. The van der Waals surface area contributed by atoms with Crippen molar-refractivity contribution >= 4 is 17.0 Å². The lowest BCUT2D eigenvalue weighted by molar-refractivity contribution is -0.122. The Morgan fingerprint density at radius 1 is 1.48 bits per heavy atom. The fourth-order valence-electron chi connectivity index (χ4n) is 2.98. The van der Waals surface area contributed by atoms with Gasteiger partial charge in [0, 0.05) is 19.0 Å². The molecule has 1 aromatic heterocycles. The number of aromatic nitrogens is 1. The van der Waals surface area contributed by atoms with Crippen LogP contribution in [0.5, 0.6) is 0 Å². The normalized spacial score (nSPS) is 18.7. The van der Waals surface area contributed by atoms with Crippen LogP contribution in [0.3, 0.4) is 0 Å². The van der Waals surface area contributed by atoms with Gasteiger partial charge in [0.15, 0.2) is 11.5 Å². The van der Waals surface area contributed by atoms with E-state index in [9.17, 15) is 4.79 Å². The molecule has 6 nitrogen and oxygen atoms in total. The van der Waals surface area contributed by atoms with E-state index in [-0.39, 0.29) is 11.8 Å². The molecule has 0 saturated carbocycles. The molecule has 1 aromatic carbocycles. The van der Waals surface area contributed by atoms with E-state index in [1.807, 2.05) is 30.3 Å². The van der Waals surface area contributed by atoms with Crippen LogP contribution in [0, 0.1) is 11.3 Å². The summed E-state index contributed by atoms with van der Waals surface area (Å²) in [5.74, 6) is 0.960. The third-order valence-electron chi connectivity index (χ3n) is 4.09. The van der Waals surface area contributed by atoms with Gasteiger partial charge in [-0.1, -0.05) is 12.1 Å². The highest BCUT2D eigenvalue weighted by molar-refractivity contribution is 5.78. The fourth-order valence-corrected chi connectivity index (χ4v) is 2.98. The summed E-state index contributed by atoms with van der Waals surface area (Å²) in [6, 6.07) is 9.79. The number of nitrogens with one attached hydrogen (secondary N) is 1. The zero-order valence-electron chi connectivity index (χ0n) is 13.0. The van der Waals surface area contributed by atoms with Gasteiger partial charge in [0.25, 0.3) is 0 Å². The monoisotopic (exact) mass is 312 g/mol. The highest BCUT2D eigenvalue weighted by atomic mass is 16.3. The van der Waals surface area contributed by atoms with Crippen molar-refractivity contribution in [3.8, 4) is 6.07 Å². The first-order valence-electron chi connectivity index (χ1n) is 7.98. The fraction of sp³-hybridized carbons (Fsp3) is 0.471. The molecule has 23 heavy (non-hydrogen) atoms. The van der Waals surface area contributed by atoms with Crippen LogP contribution in [0.2, 0.25) is 0 Å². The number of nitrogens with zero attached hydrogens (tertiary/aromatic N) is 3. The average molecular weight is 312 g/mol. The summed E-state index contributed by atoms with van der Waals surface area (Å²) < 4.78 is 5.87. The second kappa shape index (κ2) is 7.25. The maximum Gasteiger partial charge on any atom is 0.234 e. The summed E-state index contributed by atoms with van der Waals surface area (Å²) >= 11 is 0. The summed E-state index contributed by atoms with van der Waals surface area (Å²) in [5, 5.41) is 11.3. The number of oxazole rings is 1. The molecule has 1 atom stereocenters. The van der Waals surface area contributed by atoms with E-state index in [1.165, 1.54) is 0 Å². The summed E-state index contributed by atoms with van der Waals surface area (Å²) in [7, 11) is 0. The van der Waals surface area contributed by atoms with Crippen molar-refractivity contribution in [3.63, 3.8) is 0 Å². The Kier molecular flexibility index (Phi) is 4.89. The molecule has 1 unspecified atom stereocenters. The minimum atomic E-state index is -0.0292. The van der Waals surface area contributed by atoms with Crippen molar-refractivity contribution in [2.24, 2.45) is 0 Å². The standard InChI is InChI=1S/C17H20N4O2/c18-8-4-9-19-16(22)12-21-10-3-5-13(11-21)17-20-14-6-1-2-7-15(14)23-17/h1-2,6-7,13H,3-5,9-12H2,(H,19,22).